The smallest absolute Gasteiger partial charge is 0.335 e. The van der Waals surface area contributed by atoms with Gasteiger partial charge in [0.05, 0.1) is 5.52 Å². The largest absolute Gasteiger partial charge is 0.456 e. The van der Waals surface area contributed by atoms with Gasteiger partial charge in [-0.15, -0.1) is 0 Å². The number of aromatic nitrogens is 1. The van der Waals surface area contributed by atoms with E-state index in [1.54, 1.807) is 0 Å². The first-order valence-electron chi connectivity index (χ1n) is 6.92. The molecule has 2 atom stereocenters. The summed E-state index contributed by atoms with van der Waals surface area (Å²) in [4.78, 5) is 16.3. The van der Waals surface area contributed by atoms with Crippen molar-refractivity contribution in [2.45, 2.75) is 38.4 Å². The van der Waals surface area contributed by atoms with Crippen molar-refractivity contribution in [2.75, 3.05) is 0 Å². The van der Waals surface area contributed by atoms with Crippen LogP contribution in [-0.2, 0) is 16.0 Å². The second-order valence-electron chi connectivity index (χ2n) is 5.21. The number of aryl methyl sites for hydroxylation is 1. The van der Waals surface area contributed by atoms with Gasteiger partial charge in [0.25, 0.3) is 0 Å². The van der Waals surface area contributed by atoms with Crippen molar-refractivity contribution >= 4 is 16.9 Å². The molecule has 4 heteroatoms. The molecule has 104 valence electrons. The third-order valence-electron chi connectivity index (χ3n) is 3.66. The second-order valence-corrected chi connectivity index (χ2v) is 5.21. The summed E-state index contributed by atoms with van der Waals surface area (Å²) in [6.45, 7) is 1.42. The Labute approximate surface area is 117 Å². The van der Waals surface area contributed by atoms with Gasteiger partial charge in [0, 0.05) is 16.6 Å². The number of hydrogen-bond acceptors (Lipinski definition) is 4. The SMILES string of the molecule is CC(O)C(=O)OC1CCCc2nc3ccccc3cc21. The van der Waals surface area contributed by atoms with Crippen LogP contribution in [0.1, 0.15) is 37.1 Å². The van der Waals surface area contributed by atoms with Crippen LogP contribution in [0.15, 0.2) is 30.3 Å². The Kier molecular flexibility index (Phi) is 3.40. The van der Waals surface area contributed by atoms with E-state index >= 15 is 0 Å². The van der Waals surface area contributed by atoms with Crippen LogP contribution in [0.3, 0.4) is 0 Å². The lowest BCUT2D eigenvalue weighted by molar-refractivity contribution is -0.159. The van der Waals surface area contributed by atoms with Crippen molar-refractivity contribution in [1.82, 2.24) is 4.98 Å². The normalized spacial score (nSPS) is 19.4. The molecule has 0 radical (unpaired) electrons. The van der Waals surface area contributed by atoms with E-state index in [1.807, 2.05) is 24.3 Å². The molecule has 0 aliphatic heterocycles. The van der Waals surface area contributed by atoms with Crippen molar-refractivity contribution < 1.29 is 14.6 Å². The number of carbonyl (C=O) groups is 1. The number of hydrogen-bond donors (Lipinski definition) is 1. The number of ether oxygens (including phenoxy) is 1. The van der Waals surface area contributed by atoms with E-state index < -0.39 is 12.1 Å². The summed E-state index contributed by atoms with van der Waals surface area (Å²) in [5.74, 6) is -0.573. The number of fused-ring (bicyclic) bond motifs is 2. The molecule has 0 bridgehead atoms. The van der Waals surface area contributed by atoms with E-state index in [1.165, 1.54) is 6.92 Å². The first-order valence-corrected chi connectivity index (χ1v) is 6.92. The monoisotopic (exact) mass is 271 g/mol. The van der Waals surface area contributed by atoms with Gasteiger partial charge in [-0.25, -0.2) is 4.79 Å². The summed E-state index contributed by atoms with van der Waals surface area (Å²) < 4.78 is 5.40. The topological polar surface area (TPSA) is 59.4 Å². The zero-order valence-electron chi connectivity index (χ0n) is 11.4. The van der Waals surface area contributed by atoms with Crippen LogP contribution in [0.4, 0.5) is 0 Å². The van der Waals surface area contributed by atoms with Gasteiger partial charge in [0.15, 0.2) is 0 Å². The standard InChI is InChI=1S/C16H17NO3/c1-10(18)16(19)20-15-8-4-7-14-12(15)9-11-5-2-3-6-13(11)17-14/h2-3,5-6,9-10,15,18H,4,7-8H2,1H3. The Morgan fingerprint density at radius 2 is 2.25 bits per heavy atom. The lowest BCUT2D eigenvalue weighted by Crippen LogP contribution is -2.24. The highest BCUT2D eigenvalue weighted by Crippen LogP contribution is 2.33. The molecule has 0 spiro atoms. The molecule has 1 heterocycles. The van der Waals surface area contributed by atoms with Gasteiger partial charge in [-0.2, -0.15) is 0 Å². The molecule has 1 aliphatic rings. The molecule has 1 aromatic carbocycles. The average Bonchev–Trinajstić information content (AvgIpc) is 2.45. The van der Waals surface area contributed by atoms with Crippen LogP contribution in [0.2, 0.25) is 0 Å². The Balaban J connectivity index is 1.99. The van der Waals surface area contributed by atoms with E-state index in [-0.39, 0.29) is 6.10 Å². The number of esters is 1. The van der Waals surface area contributed by atoms with Crippen LogP contribution in [0, 0.1) is 0 Å². The number of carbonyl (C=O) groups excluding carboxylic acids is 1. The van der Waals surface area contributed by atoms with Crippen molar-refractivity contribution in [3.05, 3.63) is 41.6 Å². The Morgan fingerprint density at radius 3 is 3.05 bits per heavy atom. The van der Waals surface area contributed by atoms with E-state index in [4.69, 9.17) is 4.74 Å². The molecule has 0 fully saturated rings. The van der Waals surface area contributed by atoms with Gasteiger partial charge in [-0.3, -0.25) is 4.98 Å². The number of aliphatic hydroxyl groups is 1. The lowest BCUT2D eigenvalue weighted by atomic mass is 9.92. The van der Waals surface area contributed by atoms with Gasteiger partial charge in [0.2, 0.25) is 0 Å². The molecule has 1 aliphatic carbocycles. The molecule has 2 aromatic rings. The lowest BCUT2D eigenvalue weighted by Gasteiger charge is -2.25. The van der Waals surface area contributed by atoms with Gasteiger partial charge in [-0.05, 0) is 38.3 Å². The highest BCUT2D eigenvalue weighted by Gasteiger charge is 2.26. The number of nitrogens with zero attached hydrogens (tertiary/aromatic N) is 1. The number of rotatable bonds is 2. The van der Waals surface area contributed by atoms with Crippen molar-refractivity contribution in [1.29, 1.82) is 0 Å². The minimum atomic E-state index is -1.09. The van der Waals surface area contributed by atoms with Crippen LogP contribution in [0.25, 0.3) is 10.9 Å². The van der Waals surface area contributed by atoms with Gasteiger partial charge >= 0.3 is 5.97 Å². The summed E-state index contributed by atoms with van der Waals surface area (Å²) in [6, 6.07) is 9.98. The minimum Gasteiger partial charge on any atom is -0.456 e. The Morgan fingerprint density at radius 1 is 1.45 bits per heavy atom. The first-order chi connectivity index (χ1) is 9.65. The predicted octanol–water partition coefficient (Wildman–Crippen LogP) is 2.54. The highest BCUT2D eigenvalue weighted by molar-refractivity contribution is 5.80. The average molecular weight is 271 g/mol. The van der Waals surface area contributed by atoms with E-state index in [9.17, 15) is 9.90 Å². The molecule has 4 nitrogen and oxygen atoms in total. The zero-order valence-corrected chi connectivity index (χ0v) is 11.4. The fourth-order valence-corrected chi connectivity index (χ4v) is 2.62. The highest BCUT2D eigenvalue weighted by atomic mass is 16.6. The molecule has 1 aromatic heterocycles. The Bertz CT molecular complexity index is 651. The maximum absolute atomic E-state index is 11.6. The molecule has 0 saturated carbocycles. The fraction of sp³-hybridized carbons (Fsp3) is 0.375. The number of pyridine rings is 1. The molecule has 0 saturated heterocycles. The summed E-state index contributed by atoms with van der Waals surface area (Å²) in [5.41, 5.74) is 2.94. The molecule has 0 amide bonds. The molecule has 1 N–H and O–H groups in total. The van der Waals surface area contributed by atoms with Crippen molar-refractivity contribution in [2.24, 2.45) is 0 Å². The summed E-state index contributed by atoms with van der Waals surface area (Å²) >= 11 is 0. The van der Waals surface area contributed by atoms with Crippen LogP contribution in [0.5, 0.6) is 0 Å². The number of benzene rings is 1. The zero-order chi connectivity index (χ0) is 14.1. The first kappa shape index (κ1) is 13.1. The fourth-order valence-electron chi connectivity index (χ4n) is 2.62. The quantitative estimate of drug-likeness (QED) is 0.853. The second kappa shape index (κ2) is 5.21. The van der Waals surface area contributed by atoms with E-state index in [0.29, 0.717) is 0 Å². The molecule has 20 heavy (non-hydrogen) atoms. The van der Waals surface area contributed by atoms with Gasteiger partial charge in [-0.1, -0.05) is 18.2 Å². The summed E-state index contributed by atoms with van der Waals surface area (Å²) in [6.07, 6.45) is 1.25. The maximum atomic E-state index is 11.6. The summed E-state index contributed by atoms with van der Waals surface area (Å²) in [5, 5.41) is 10.3. The summed E-state index contributed by atoms with van der Waals surface area (Å²) in [7, 11) is 0. The van der Waals surface area contributed by atoms with E-state index in [0.717, 1.165) is 41.4 Å². The molecular weight excluding hydrogens is 254 g/mol. The molecular formula is C16H17NO3. The Hall–Kier alpha value is -1.94. The third kappa shape index (κ3) is 2.39. The molecule has 3 rings (SSSR count). The van der Waals surface area contributed by atoms with Crippen molar-refractivity contribution in [3.8, 4) is 0 Å². The number of aliphatic hydroxyl groups excluding tert-OH is 1. The van der Waals surface area contributed by atoms with Gasteiger partial charge < -0.3 is 9.84 Å². The molecule has 2 unspecified atom stereocenters. The number of para-hydroxylation sites is 1. The van der Waals surface area contributed by atoms with Crippen LogP contribution in [-0.4, -0.2) is 22.2 Å². The maximum Gasteiger partial charge on any atom is 0.335 e. The van der Waals surface area contributed by atoms with Gasteiger partial charge in [0.1, 0.15) is 12.2 Å². The minimum absolute atomic E-state index is 0.294. The van der Waals surface area contributed by atoms with E-state index in [2.05, 4.69) is 11.1 Å². The van der Waals surface area contributed by atoms with Crippen LogP contribution >= 0.6 is 0 Å². The third-order valence-corrected chi connectivity index (χ3v) is 3.66. The van der Waals surface area contributed by atoms with Crippen LogP contribution < -0.4 is 0 Å². The van der Waals surface area contributed by atoms with Crippen molar-refractivity contribution in [3.63, 3.8) is 0 Å². The predicted molar refractivity (Wildman–Crippen MR) is 75.2 cm³/mol.